The van der Waals surface area contributed by atoms with E-state index in [0.717, 1.165) is 0 Å². The Kier molecular flexibility index (Phi) is 5.72. The van der Waals surface area contributed by atoms with Gasteiger partial charge >= 0.3 is 5.97 Å². The number of amides is 1. The predicted molar refractivity (Wildman–Crippen MR) is 72.7 cm³/mol. The summed E-state index contributed by atoms with van der Waals surface area (Å²) in [6, 6.07) is -0.617. The number of carboxylic acids is 1. The molecule has 0 saturated heterocycles. The summed E-state index contributed by atoms with van der Waals surface area (Å²) in [5.74, 6) is -1.48. The Balaban J connectivity index is 4.86. The summed E-state index contributed by atoms with van der Waals surface area (Å²) >= 11 is 0. The van der Waals surface area contributed by atoms with E-state index in [4.69, 9.17) is 5.11 Å². The van der Waals surface area contributed by atoms with Crippen LogP contribution in [0.15, 0.2) is 0 Å². The first kappa shape index (κ1) is 17.6. The number of carbonyl (C=O) groups excluding carboxylic acids is 2. The number of hydrogen-bond donors (Lipinski definition) is 2. The average molecular weight is 271 g/mol. The van der Waals surface area contributed by atoms with Gasteiger partial charge in [-0.3, -0.25) is 14.4 Å². The van der Waals surface area contributed by atoms with Crippen molar-refractivity contribution in [3.63, 3.8) is 0 Å². The van der Waals surface area contributed by atoms with Crippen molar-refractivity contribution in [1.29, 1.82) is 0 Å². The number of Topliss-reactive ketones (excluding diaryl/α,β-unsaturated/α-hetero) is 1. The van der Waals surface area contributed by atoms with Crippen LogP contribution in [0, 0.1) is 10.8 Å². The van der Waals surface area contributed by atoms with E-state index in [-0.39, 0.29) is 18.6 Å². The van der Waals surface area contributed by atoms with Gasteiger partial charge in [-0.15, -0.1) is 0 Å². The molecule has 0 bridgehead atoms. The minimum absolute atomic E-state index is 0.0522. The first-order chi connectivity index (χ1) is 8.35. The molecule has 1 unspecified atom stereocenters. The molecule has 2 N–H and O–H groups in total. The quantitative estimate of drug-likeness (QED) is 0.801. The molecule has 0 aliphatic heterocycles. The summed E-state index contributed by atoms with van der Waals surface area (Å²) in [7, 11) is 0. The van der Waals surface area contributed by atoms with Gasteiger partial charge in [-0.2, -0.15) is 0 Å². The van der Waals surface area contributed by atoms with E-state index in [0.29, 0.717) is 0 Å². The van der Waals surface area contributed by atoms with E-state index in [1.54, 1.807) is 20.8 Å². The first-order valence-electron chi connectivity index (χ1n) is 6.41. The first-order valence-corrected chi connectivity index (χ1v) is 6.41. The van der Waals surface area contributed by atoms with Gasteiger partial charge in [-0.05, 0) is 5.41 Å². The zero-order valence-corrected chi connectivity index (χ0v) is 12.7. The van der Waals surface area contributed by atoms with Crippen molar-refractivity contribution in [2.24, 2.45) is 10.8 Å². The fourth-order valence-corrected chi connectivity index (χ4v) is 1.56. The third-order valence-electron chi connectivity index (χ3n) is 2.74. The number of hydrogen-bond acceptors (Lipinski definition) is 3. The monoisotopic (exact) mass is 271 g/mol. The maximum Gasteiger partial charge on any atom is 0.303 e. The molecule has 0 aromatic rings. The fourth-order valence-electron chi connectivity index (χ4n) is 1.56. The van der Waals surface area contributed by atoms with Crippen LogP contribution in [-0.4, -0.2) is 28.8 Å². The van der Waals surface area contributed by atoms with E-state index in [1.165, 1.54) is 0 Å². The Bertz CT molecular complexity index is 361. The van der Waals surface area contributed by atoms with Crippen LogP contribution in [0.2, 0.25) is 0 Å². The van der Waals surface area contributed by atoms with E-state index in [1.807, 2.05) is 20.8 Å². The molecule has 110 valence electrons. The molecule has 0 fully saturated rings. The second kappa shape index (κ2) is 6.17. The molecule has 1 atom stereocenters. The molecule has 0 aliphatic carbocycles. The highest BCUT2D eigenvalue weighted by Gasteiger charge is 2.38. The lowest BCUT2D eigenvalue weighted by atomic mass is 9.75. The Hall–Kier alpha value is -1.39. The minimum atomic E-state index is -1.02. The van der Waals surface area contributed by atoms with Gasteiger partial charge in [0.05, 0.1) is 12.5 Å². The number of rotatable bonds is 5. The van der Waals surface area contributed by atoms with Crippen LogP contribution in [0.25, 0.3) is 0 Å². The Morgan fingerprint density at radius 1 is 1.00 bits per heavy atom. The molecule has 0 aromatic heterocycles. The van der Waals surface area contributed by atoms with Gasteiger partial charge < -0.3 is 10.4 Å². The standard InChI is InChI=1S/C14H25NO4/c1-13(2,3)11(12(19)14(4,5)6)15-9(16)7-8-10(17)18/h11H,7-8H2,1-6H3,(H,15,16)(H,17,18). The van der Waals surface area contributed by atoms with Crippen LogP contribution in [0.5, 0.6) is 0 Å². The van der Waals surface area contributed by atoms with E-state index in [2.05, 4.69) is 5.32 Å². The number of aliphatic carboxylic acids is 1. The lowest BCUT2D eigenvalue weighted by Gasteiger charge is -2.34. The molecule has 5 nitrogen and oxygen atoms in total. The maximum absolute atomic E-state index is 12.4. The van der Waals surface area contributed by atoms with Gasteiger partial charge in [0.2, 0.25) is 5.91 Å². The van der Waals surface area contributed by atoms with Crippen LogP contribution in [0.3, 0.4) is 0 Å². The normalized spacial score (nSPS) is 13.8. The molecule has 5 heteroatoms. The predicted octanol–water partition coefficient (Wildman–Crippen LogP) is 2.00. The molecule has 0 saturated carbocycles. The largest absolute Gasteiger partial charge is 0.481 e. The molecule has 0 aromatic carbocycles. The van der Waals surface area contributed by atoms with Gasteiger partial charge in [0.15, 0.2) is 5.78 Å². The summed E-state index contributed by atoms with van der Waals surface area (Å²) in [6.45, 7) is 11.0. The topological polar surface area (TPSA) is 83.5 Å². The number of ketones is 1. The zero-order valence-electron chi connectivity index (χ0n) is 12.7. The molecular formula is C14H25NO4. The smallest absolute Gasteiger partial charge is 0.303 e. The molecule has 0 rings (SSSR count). The Labute approximate surface area is 114 Å². The summed E-state index contributed by atoms with van der Waals surface area (Å²) < 4.78 is 0. The van der Waals surface area contributed by atoms with Crippen molar-refractivity contribution in [2.75, 3.05) is 0 Å². The fraction of sp³-hybridized carbons (Fsp3) is 0.786. The van der Waals surface area contributed by atoms with Crippen LogP contribution >= 0.6 is 0 Å². The molecular weight excluding hydrogens is 246 g/mol. The van der Waals surface area contributed by atoms with Gasteiger partial charge in [-0.1, -0.05) is 41.5 Å². The Morgan fingerprint density at radius 2 is 1.47 bits per heavy atom. The van der Waals surface area contributed by atoms with Crippen molar-refractivity contribution < 1.29 is 19.5 Å². The highest BCUT2D eigenvalue weighted by Crippen LogP contribution is 2.27. The molecule has 1 amide bonds. The van der Waals surface area contributed by atoms with Crippen LogP contribution in [0.1, 0.15) is 54.4 Å². The van der Waals surface area contributed by atoms with E-state index in [9.17, 15) is 14.4 Å². The molecule has 0 spiro atoms. The van der Waals surface area contributed by atoms with Crippen LogP contribution in [-0.2, 0) is 14.4 Å². The van der Waals surface area contributed by atoms with Crippen molar-refractivity contribution >= 4 is 17.7 Å². The minimum Gasteiger partial charge on any atom is -0.481 e. The summed E-state index contributed by atoms with van der Waals surface area (Å²) in [6.07, 6.45) is -0.342. The lowest BCUT2D eigenvalue weighted by molar-refractivity contribution is -0.139. The van der Waals surface area contributed by atoms with Crippen molar-refractivity contribution in [3.8, 4) is 0 Å². The van der Waals surface area contributed by atoms with Gasteiger partial charge in [0.1, 0.15) is 0 Å². The second-order valence-electron chi connectivity index (χ2n) is 6.87. The number of nitrogens with one attached hydrogen (secondary N) is 1. The number of carbonyl (C=O) groups is 3. The van der Waals surface area contributed by atoms with E-state index >= 15 is 0 Å². The molecule has 0 heterocycles. The molecule has 0 aliphatic rings. The van der Waals surface area contributed by atoms with Gasteiger partial charge in [0, 0.05) is 11.8 Å². The van der Waals surface area contributed by atoms with Gasteiger partial charge in [-0.25, -0.2) is 0 Å². The second-order valence-corrected chi connectivity index (χ2v) is 6.87. The SMILES string of the molecule is CC(C)(C)C(=O)C(NC(=O)CCC(=O)O)C(C)(C)C. The highest BCUT2D eigenvalue weighted by atomic mass is 16.4. The zero-order chi connectivity index (χ0) is 15.4. The average Bonchev–Trinajstić information content (AvgIpc) is 2.19. The molecule has 0 radical (unpaired) electrons. The van der Waals surface area contributed by atoms with Crippen molar-refractivity contribution in [1.82, 2.24) is 5.32 Å². The summed E-state index contributed by atoms with van der Waals surface area (Å²) in [5, 5.41) is 11.2. The van der Waals surface area contributed by atoms with Crippen molar-refractivity contribution in [3.05, 3.63) is 0 Å². The highest BCUT2D eigenvalue weighted by molar-refractivity contribution is 5.93. The van der Waals surface area contributed by atoms with Crippen LogP contribution < -0.4 is 5.32 Å². The Morgan fingerprint density at radius 3 is 1.79 bits per heavy atom. The third-order valence-corrected chi connectivity index (χ3v) is 2.74. The molecule has 19 heavy (non-hydrogen) atoms. The summed E-state index contributed by atoms with van der Waals surface area (Å²) in [4.78, 5) is 34.5. The number of carboxylic acid groups (broad SMARTS) is 1. The maximum atomic E-state index is 12.4. The van der Waals surface area contributed by atoms with E-state index < -0.39 is 28.7 Å². The van der Waals surface area contributed by atoms with Crippen molar-refractivity contribution in [2.45, 2.75) is 60.4 Å². The summed E-state index contributed by atoms with van der Waals surface area (Å²) in [5.41, 5.74) is -0.971. The van der Waals surface area contributed by atoms with Gasteiger partial charge in [0.25, 0.3) is 0 Å². The third kappa shape index (κ3) is 6.36. The lowest BCUT2D eigenvalue weighted by Crippen LogP contribution is -2.52. The van der Waals surface area contributed by atoms with Crippen LogP contribution in [0.4, 0.5) is 0 Å².